The summed E-state index contributed by atoms with van der Waals surface area (Å²) in [6, 6.07) is 10.1. The number of nitro benzene ring substituents is 1. The van der Waals surface area contributed by atoms with Crippen LogP contribution in [0.5, 0.6) is 0 Å². The van der Waals surface area contributed by atoms with Crippen molar-refractivity contribution in [3.8, 4) is 0 Å². The maximum atomic E-state index is 12.5. The van der Waals surface area contributed by atoms with Gasteiger partial charge in [0.05, 0.1) is 11.1 Å². The number of nitrogens with zero attached hydrogens (tertiary/aromatic N) is 3. The highest BCUT2D eigenvalue weighted by atomic mass is 35.5. The number of amides is 2. The van der Waals surface area contributed by atoms with Gasteiger partial charge in [-0.15, -0.1) is 0 Å². The van der Waals surface area contributed by atoms with E-state index in [4.69, 9.17) is 11.6 Å². The number of hydrogen-bond acceptors (Lipinski definition) is 6. The van der Waals surface area contributed by atoms with Crippen LogP contribution in [-0.2, 0) is 4.79 Å². The summed E-state index contributed by atoms with van der Waals surface area (Å²) in [5.74, 6) is -1.12. The molecule has 0 radical (unpaired) electrons. The van der Waals surface area contributed by atoms with Gasteiger partial charge in [0.25, 0.3) is 17.5 Å². The van der Waals surface area contributed by atoms with Crippen molar-refractivity contribution < 1.29 is 14.5 Å². The van der Waals surface area contributed by atoms with Gasteiger partial charge in [-0.1, -0.05) is 31.5 Å². The smallest absolute Gasteiger partial charge is 0.293 e. The van der Waals surface area contributed by atoms with E-state index in [0.717, 1.165) is 0 Å². The first-order valence-corrected chi connectivity index (χ1v) is 9.83. The Kier molecular flexibility index (Phi) is 8.09. The number of hydrazone groups is 1. The van der Waals surface area contributed by atoms with Gasteiger partial charge in [0.1, 0.15) is 11.7 Å². The third-order valence-corrected chi connectivity index (χ3v) is 4.66. The minimum absolute atomic E-state index is 0.0736. The fourth-order valence-corrected chi connectivity index (χ4v) is 2.87. The molecule has 9 nitrogen and oxygen atoms in total. The van der Waals surface area contributed by atoms with Crippen LogP contribution in [0.25, 0.3) is 0 Å². The van der Waals surface area contributed by atoms with Gasteiger partial charge < -0.3 is 10.2 Å². The molecule has 0 aliphatic carbocycles. The minimum atomic E-state index is -0.828. The van der Waals surface area contributed by atoms with Crippen LogP contribution >= 0.6 is 11.6 Å². The zero-order chi connectivity index (χ0) is 23.1. The molecular formula is C21H24ClN5O4. The van der Waals surface area contributed by atoms with E-state index in [9.17, 15) is 19.7 Å². The van der Waals surface area contributed by atoms with E-state index in [0.29, 0.717) is 21.8 Å². The molecule has 2 aromatic rings. The maximum Gasteiger partial charge on any atom is 0.293 e. The zero-order valence-electron chi connectivity index (χ0n) is 17.6. The van der Waals surface area contributed by atoms with Crippen molar-refractivity contribution in [1.82, 2.24) is 10.7 Å². The molecule has 0 aliphatic heterocycles. The Morgan fingerprint density at radius 2 is 1.81 bits per heavy atom. The van der Waals surface area contributed by atoms with E-state index in [1.807, 2.05) is 0 Å². The normalized spacial score (nSPS) is 11.9. The van der Waals surface area contributed by atoms with Crippen LogP contribution in [0.3, 0.4) is 0 Å². The Morgan fingerprint density at radius 3 is 2.35 bits per heavy atom. The number of benzene rings is 2. The molecule has 2 aromatic carbocycles. The topological polar surface area (TPSA) is 117 Å². The lowest BCUT2D eigenvalue weighted by Crippen LogP contribution is -2.48. The lowest BCUT2D eigenvalue weighted by atomic mass is 10.0. The Morgan fingerprint density at radius 1 is 1.16 bits per heavy atom. The lowest BCUT2D eigenvalue weighted by Gasteiger charge is -2.20. The van der Waals surface area contributed by atoms with Crippen LogP contribution in [0.2, 0.25) is 5.02 Å². The molecule has 1 unspecified atom stereocenters. The predicted molar refractivity (Wildman–Crippen MR) is 121 cm³/mol. The standard InChI is InChI=1S/C21H24ClN5O4/c1-13(2)19(24-20(28)15-6-8-16(22)9-7-15)21(29)25-23-12-14-5-10-17(26(3)4)18(11-14)27(30)31/h5-13,19H,1-4H3,(H,24,28)(H,25,29)/b23-12-. The monoisotopic (exact) mass is 445 g/mol. The van der Waals surface area contributed by atoms with Crippen LogP contribution in [0, 0.1) is 16.0 Å². The summed E-state index contributed by atoms with van der Waals surface area (Å²) in [4.78, 5) is 37.4. The molecule has 0 fully saturated rings. The van der Waals surface area contributed by atoms with E-state index in [2.05, 4.69) is 15.8 Å². The fraction of sp³-hybridized carbons (Fsp3) is 0.286. The van der Waals surface area contributed by atoms with Gasteiger partial charge in [0.2, 0.25) is 0 Å². The van der Waals surface area contributed by atoms with Crippen molar-refractivity contribution in [2.75, 3.05) is 19.0 Å². The van der Waals surface area contributed by atoms with E-state index in [1.54, 1.807) is 69.2 Å². The van der Waals surface area contributed by atoms with Crippen LogP contribution in [0.4, 0.5) is 11.4 Å². The second-order valence-electron chi connectivity index (χ2n) is 7.34. The Labute approximate surface area is 185 Å². The number of carbonyl (C=O) groups excluding carboxylic acids is 2. The van der Waals surface area contributed by atoms with Crippen molar-refractivity contribution in [3.05, 3.63) is 68.7 Å². The van der Waals surface area contributed by atoms with Gasteiger partial charge in [-0.3, -0.25) is 19.7 Å². The number of nitrogens with one attached hydrogen (secondary N) is 2. The largest absolute Gasteiger partial charge is 0.372 e. The zero-order valence-corrected chi connectivity index (χ0v) is 18.4. The molecule has 31 heavy (non-hydrogen) atoms. The first-order valence-electron chi connectivity index (χ1n) is 9.45. The molecule has 2 N–H and O–H groups in total. The number of rotatable bonds is 8. The summed E-state index contributed by atoms with van der Waals surface area (Å²) in [5.41, 5.74) is 3.58. The Bertz CT molecular complexity index is 990. The van der Waals surface area contributed by atoms with Crippen LogP contribution in [0.1, 0.15) is 29.8 Å². The van der Waals surface area contributed by atoms with Crippen LogP contribution in [0.15, 0.2) is 47.6 Å². The van der Waals surface area contributed by atoms with Crippen molar-refractivity contribution in [3.63, 3.8) is 0 Å². The average molecular weight is 446 g/mol. The summed E-state index contributed by atoms with van der Waals surface area (Å²) in [5, 5.41) is 18.3. The van der Waals surface area contributed by atoms with Gasteiger partial charge in [0, 0.05) is 36.3 Å². The molecule has 0 saturated carbocycles. The maximum absolute atomic E-state index is 12.5. The molecule has 0 bridgehead atoms. The van der Waals surface area contributed by atoms with Crippen molar-refractivity contribution in [2.45, 2.75) is 19.9 Å². The molecule has 0 heterocycles. The van der Waals surface area contributed by atoms with E-state index in [1.165, 1.54) is 12.3 Å². The van der Waals surface area contributed by atoms with Gasteiger partial charge in [0.15, 0.2) is 0 Å². The molecule has 0 spiro atoms. The van der Waals surface area contributed by atoms with Crippen molar-refractivity contribution in [2.24, 2.45) is 11.0 Å². The Hall–Kier alpha value is -3.46. The van der Waals surface area contributed by atoms with E-state index in [-0.39, 0.29) is 11.6 Å². The Balaban J connectivity index is 2.08. The van der Waals surface area contributed by atoms with Crippen molar-refractivity contribution in [1.29, 1.82) is 0 Å². The molecule has 0 aliphatic rings. The molecule has 164 valence electrons. The molecule has 0 saturated heterocycles. The molecule has 0 aromatic heterocycles. The third kappa shape index (κ3) is 6.51. The summed E-state index contributed by atoms with van der Waals surface area (Å²) < 4.78 is 0. The average Bonchev–Trinajstić information content (AvgIpc) is 2.71. The minimum Gasteiger partial charge on any atom is -0.372 e. The van der Waals surface area contributed by atoms with Crippen LogP contribution < -0.4 is 15.6 Å². The summed E-state index contributed by atoms with van der Waals surface area (Å²) in [6.45, 7) is 3.58. The number of nitro groups is 1. The predicted octanol–water partition coefficient (Wildman–Crippen LogP) is 3.22. The van der Waals surface area contributed by atoms with E-state index >= 15 is 0 Å². The SMILES string of the molecule is CC(C)C(NC(=O)c1ccc(Cl)cc1)C(=O)N/N=C\c1ccc(N(C)C)c([N+](=O)[O-])c1. The number of halogens is 1. The van der Waals surface area contributed by atoms with Crippen molar-refractivity contribution >= 4 is 41.0 Å². The summed E-state index contributed by atoms with van der Waals surface area (Å²) >= 11 is 5.83. The second kappa shape index (κ2) is 10.5. The molecule has 1 atom stereocenters. The number of hydrogen-bond donors (Lipinski definition) is 2. The van der Waals surface area contributed by atoms with Gasteiger partial charge in [-0.25, -0.2) is 5.43 Å². The first kappa shape index (κ1) is 23.8. The van der Waals surface area contributed by atoms with Gasteiger partial charge >= 0.3 is 0 Å². The summed E-state index contributed by atoms with van der Waals surface area (Å²) in [7, 11) is 3.42. The first-order chi connectivity index (χ1) is 14.6. The fourth-order valence-electron chi connectivity index (χ4n) is 2.75. The molecule has 10 heteroatoms. The highest BCUT2D eigenvalue weighted by molar-refractivity contribution is 6.30. The van der Waals surface area contributed by atoms with Gasteiger partial charge in [-0.05, 0) is 36.2 Å². The highest BCUT2D eigenvalue weighted by Gasteiger charge is 2.24. The third-order valence-electron chi connectivity index (χ3n) is 4.41. The quantitative estimate of drug-likeness (QED) is 0.367. The number of anilines is 1. The van der Waals surface area contributed by atoms with E-state index < -0.39 is 22.8 Å². The second-order valence-corrected chi connectivity index (χ2v) is 7.77. The van der Waals surface area contributed by atoms with Gasteiger partial charge in [-0.2, -0.15) is 5.10 Å². The molecular weight excluding hydrogens is 422 g/mol. The highest BCUT2D eigenvalue weighted by Crippen LogP contribution is 2.27. The molecule has 2 rings (SSSR count). The number of carbonyl (C=O) groups is 2. The summed E-state index contributed by atoms with van der Waals surface area (Å²) in [6.07, 6.45) is 1.31. The van der Waals surface area contributed by atoms with Crippen LogP contribution in [-0.4, -0.2) is 43.1 Å². The molecule has 2 amide bonds. The lowest BCUT2D eigenvalue weighted by molar-refractivity contribution is -0.384.